The van der Waals surface area contributed by atoms with Gasteiger partial charge in [-0.15, -0.1) is 0 Å². The molecule has 2 unspecified atom stereocenters. The van der Waals surface area contributed by atoms with Crippen molar-refractivity contribution in [3.05, 3.63) is 34.9 Å². The summed E-state index contributed by atoms with van der Waals surface area (Å²) in [6.45, 7) is 2.59. The Morgan fingerprint density at radius 3 is 1.97 bits per heavy atom. The Balaban J connectivity index is 1.17. The lowest BCUT2D eigenvalue weighted by molar-refractivity contribution is -0.0986. The van der Waals surface area contributed by atoms with Gasteiger partial charge in [0.25, 0.3) is 0 Å². The molecular formula is C28H38ClN. The first-order valence-electron chi connectivity index (χ1n) is 13.0. The van der Waals surface area contributed by atoms with Crippen molar-refractivity contribution in [3.63, 3.8) is 0 Å². The maximum atomic E-state index is 6.26. The zero-order valence-electron chi connectivity index (χ0n) is 18.6. The van der Waals surface area contributed by atoms with Crippen LogP contribution in [0.3, 0.4) is 0 Å². The maximum absolute atomic E-state index is 6.26. The molecule has 0 heterocycles. The van der Waals surface area contributed by atoms with Crippen LogP contribution in [0.25, 0.3) is 0 Å². The molecule has 0 radical (unpaired) electrons. The summed E-state index contributed by atoms with van der Waals surface area (Å²) in [6, 6.07) is 10.5. The van der Waals surface area contributed by atoms with Crippen LogP contribution in [0.2, 0.25) is 5.02 Å². The summed E-state index contributed by atoms with van der Waals surface area (Å²) in [5.41, 5.74) is 2.54. The second kappa shape index (κ2) is 6.50. The topological polar surface area (TPSA) is 12.0 Å². The van der Waals surface area contributed by atoms with Crippen LogP contribution in [-0.4, -0.2) is 12.1 Å². The SMILES string of the molecule is C[C@@H](NC1C2CC3CC(C2)CC1C3)C12C[C@@H]3C[C@@H](CC(c4ccc(Cl)cc4)(C3)C1)C2. The molecule has 1 aromatic rings. The summed E-state index contributed by atoms with van der Waals surface area (Å²) in [6.07, 6.45) is 16.4. The highest BCUT2D eigenvalue weighted by molar-refractivity contribution is 6.30. The van der Waals surface area contributed by atoms with Crippen LogP contribution in [0.4, 0.5) is 0 Å². The smallest absolute Gasteiger partial charge is 0.0406 e. The zero-order valence-corrected chi connectivity index (χ0v) is 19.3. The van der Waals surface area contributed by atoms with E-state index in [2.05, 4.69) is 36.5 Å². The van der Waals surface area contributed by atoms with Gasteiger partial charge >= 0.3 is 0 Å². The van der Waals surface area contributed by atoms with Crippen molar-refractivity contribution >= 4 is 11.6 Å². The van der Waals surface area contributed by atoms with E-state index in [1.165, 1.54) is 64.2 Å². The third-order valence-corrected chi connectivity index (χ3v) is 11.4. The van der Waals surface area contributed by atoms with Crippen molar-refractivity contribution in [2.24, 2.45) is 40.9 Å². The van der Waals surface area contributed by atoms with Crippen LogP contribution in [0.5, 0.6) is 0 Å². The monoisotopic (exact) mass is 423 g/mol. The number of benzene rings is 1. The summed E-state index contributed by atoms with van der Waals surface area (Å²) in [5.74, 6) is 6.03. The van der Waals surface area contributed by atoms with Crippen LogP contribution in [0.1, 0.15) is 83.1 Å². The molecule has 5 atom stereocenters. The number of nitrogens with one attached hydrogen (secondary N) is 1. The van der Waals surface area contributed by atoms with E-state index in [9.17, 15) is 0 Å². The lowest BCUT2D eigenvalue weighted by atomic mass is 9.41. The summed E-state index contributed by atoms with van der Waals surface area (Å²) >= 11 is 6.26. The minimum atomic E-state index is 0.425. The fraction of sp³-hybridized carbons (Fsp3) is 0.786. The van der Waals surface area contributed by atoms with Crippen LogP contribution in [-0.2, 0) is 5.41 Å². The van der Waals surface area contributed by atoms with E-state index in [1.807, 2.05) is 0 Å². The Kier molecular flexibility index (Phi) is 4.12. The van der Waals surface area contributed by atoms with Crippen molar-refractivity contribution in [2.45, 2.75) is 95.1 Å². The van der Waals surface area contributed by atoms with Gasteiger partial charge in [-0.05, 0) is 142 Å². The van der Waals surface area contributed by atoms with E-state index in [0.29, 0.717) is 16.9 Å². The molecule has 30 heavy (non-hydrogen) atoms. The van der Waals surface area contributed by atoms with E-state index in [4.69, 9.17) is 11.6 Å². The van der Waals surface area contributed by atoms with Crippen molar-refractivity contribution in [1.82, 2.24) is 5.32 Å². The first-order valence-corrected chi connectivity index (χ1v) is 13.4. The van der Waals surface area contributed by atoms with Gasteiger partial charge in [-0.3, -0.25) is 0 Å². The summed E-state index contributed by atoms with van der Waals surface area (Å²) < 4.78 is 0. The lowest BCUT2D eigenvalue weighted by Gasteiger charge is -2.65. The second-order valence-electron chi connectivity index (χ2n) is 13.0. The average Bonchev–Trinajstić information content (AvgIpc) is 2.69. The molecule has 1 N–H and O–H groups in total. The lowest BCUT2D eigenvalue weighted by Crippen LogP contribution is -2.64. The van der Waals surface area contributed by atoms with E-state index in [0.717, 1.165) is 46.6 Å². The maximum Gasteiger partial charge on any atom is 0.0406 e. The van der Waals surface area contributed by atoms with Gasteiger partial charge in [-0.25, -0.2) is 0 Å². The Morgan fingerprint density at radius 2 is 1.37 bits per heavy atom. The van der Waals surface area contributed by atoms with Gasteiger partial charge < -0.3 is 5.32 Å². The van der Waals surface area contributed by atoms with Crippen molar-refractivity contribution < 1.29 is 0 Å². The van der Waals surface area contributed by atoms with Crippen LogP contribution >= 0.6 is 11.6 Å². The molecule has 8 bridgehead atoms. The fourth-order valence-electron chi connectivity index (χ4n) is 10.6. The number of hydrogen-bond donors (Lipinski definition) is 1. The van der Waals surface area contributed by atoms with Gasteiger partial charge in [0.1, 0.15) is 0 Å². The molecule has 9 rings (SSSR count). The van der Waals surface area contributed by atoms with Gasteiger partial charge in [-0.1, -0.05) is 23.7 Å². The van der Waals surface area contributed by atoms with Crippen molar-refractivity contribution in [2.75, 3.05) is 0 Å². The molecule has 8 aliphatic carbocycles. The minimum absolute atomic E-state index is 0.425. The first kappa shape index (κ1) is 19.0. The number of hydrogen-bond acceptors (Lipinski definition) is 1. The van der Waals surface area contributed by atoms with Gasteiger partial charge in [0, 0.05) is 17.1 Å². The minimum Gasteiger partial charge on any atom is -0.310 e. The van der Waals surface area contributed by atoms with Crippen LogP contribution < -0.4 is 5.32 Å². The quantitative estimate of drug-likeness (QED) is 0.550. The molecular weight excluding hydrogens is 386 g/mol. The molecule has 8 fully saturated rings. The standard InChI is InChI=1S/C28H38ClN/c1-17(30-26-22-8-18-6-19(10-22)11-23(26)9-18)27-12-20-7-21(13-27)15-28(14-20,16-27)24-2-4-25(29)5-3-24/h2-5,17-23,26,30H,6-16H2,1H3/t17-,18?,19?,20-,21+,22?,23?,26?,27?,28?/m1/s1. The molecule has 162 valence electrons. The van der Waals surface area contributed by atoms with Gasteiger partial charge in [0.15, 0.2) is 0 Å². The van der Waals surface area contributed by atoms with E-state index < -0.39 is 0 Å². The third-order valence-electron chi connectivity index (χ3n) is 11.2. The molecule has 0 spiro atoms. The van der Waals surface area contributed by atoms with E-state index >= 15 is 0 Å². The Bertz CT molecular complexity index is 786. The Morgan fingerprint density at radius 1 is 0.800 bits per heavy atom. The second-order valence-corrected chi connectivity index (χ2v) is 13.4. The number of halogens is 1. The molecule has 1 aromatic carbocycles. The molecule has 0 aliphatic heterocycles. The zero-order chi connectivity index (χ0) is 20.1. The highest BCUT2D eigenvalue weighted by Gasteiger charge is 2.60. The summed E-state index contributed by atoms with van der Waals surface area (Å²) in [5, 5.41) is 5.26. The molecule has 2 heteroatoms. The Labute approximate surface area is 187 Å². The summed E-state index contributed by atoms with van der Waals surface area (Å²) in [4.78, 5) is 0. The van der Waals surface area contributed by atoms with E-state index in [1.54, 1.807) is 12.0 Å². The average molecular weight is 424 g/mol. The van der Waals surface area contributed by atoms with Gasteiger partial charge in [-0.2, -0.15) is 0 Å². The molecule has 1 nitrogen and oxygen atoms in total. The van der Waals surface area contributed by atoms with E-state index in [-0.39, 0.29) is 0 Å². The highest BCUT2D eigenvalue weighted by Crippen LogP contribution is 2.67. The van der Waals surface area contributed by atoms with Crippen LogP contribution in [0, 0.1) is 40.9 Å². The predicted octanol–water partition coefficient (Wildman–Crippen LogP) is 6.98. The fourth-order valence-corrected chi connectivity index (χ4v) is 10.8. The van der Waals surface area contributed by atoms with Crippen molar-refractivity contribution in [1.29, 1.82) is 0 Å². The molecule has 0 aromatic heterocycles. The Hall–Kier alpha value is -0.530. The van der Waals surface area contributed by atoms with Crippen molar-refractivity contribution in [3.8, 4) is 0 Å². The van der Waals surface area contributed by atoms with Crippen LogP contribution in [0.15, 0.2) is 24.3 Å². The largest absolute Gasteiger partial charge is 0.310 e. The highest BCUT2D eigenvalue weighted by atomic mass is 35.5. The molecule has 0 saturated heterocycles. The van der Waals surface area contributed by atoms with Gasteiger partial charge in [0.2, 0.25) is 0 Å². The number of rotatable bonds is 4. The molecule has 8 saturated carbocycles. The first-order chi connectivity index (χ1) is 14.5. The summed E-state index contributed by atoms with van der Waals surface area (Å²) in [7, 11) is 0. The normalized spacial score (nSPS) is 51.5. The van der Waals surface area contributed by atoms with Gasteiger partial charge in [0.05, 0.1) is 0 Å². The third kappa shape index (κ3) is 2.76. The predicted molar refractivity (Wildman–Crippen MR) is 124 cm³/mol. The molecule has 0 amide bonds. The molecule has 8 aliphatic rings.